The molecule has 0 bridgehead atoms. The van der Waals surface area contributed by atoms with Gasteiger partial charge in [0.1, 0.15) is 11.4 Å². The number of nitrogens with one attached hydrogen (secondary N) is 1. The third kappa shape index (κ3) is 5.98. The van der Waals surface area contributed by atoms with E-state index in [-0.39, 0.29) is 12.2 Å². The lowest BCUT2D eigenvalue weighted by atomic mass is 10.1. The van der Waals surface area contributed by atoms with Crippen LogP contribution in [0.25, 0.3) is 17.1 Å². The molecule has 0 amide bonds. The number of hydrogen-bond acceptors (Lipinski definition) is 4. The van der Waals surface area contributed by atoms with Gasteiger partial charge in [-0.3, -0.25) is 9.36 Å². The zero-order valence-electron chi connectivity index (χ0n) is 20.8. The van der Waals surface area contributed by atoms with Gasteiger partial charge in [-0.2, -0.15) is 0 Å². The second-order valence-corrected chi connectivity index (χ2v) is 9.19. The summed E-state index contributed by atoms with van der Waals surface area (Å²) in [4.78, 5) is 21.8. The molecular weight excluding hydrogens is 462 g/mol. The number of hydrogen-bond donors (Lipinski definition) is 2. The van der Waals surface area contributed by atoms with Crippen molar-refractivity contribution >= 4 is 0 Å². The van der Waals surface area contributed by atoms with Gasteiger partial charge in [-0.05, 0) is 60.2 Å². The molecule has 188 valence electrons. The van der Waals surface area contributed by atoms with Crippen LogP contribution in [0.15, 0.2) is 95.9 Å². The highest BCUT2D eigenvalue weighted by molar-refractivity contribution is 5.61. The fourth-order valence-electron chi connectivity index (χ4n) is 4.46. The Morgan fingerprint density at radius 2 is 1.49 bits per heavy atom. The number of aliphatic hydroxyl groups excluding tert-OH is 1. The molecule has 0 atom stereocenters. The fraction of sp³-hybridized carbons (Fsp3) is 0.226. The Hall–Kier alpha value is -4.16. The average molecular weight is 494 g/mol. The highest BCUT2D eigenvalue weighted by Gasteiger charge is 2.20. The number of aromatic nitrogens is 3. The van der Waals surface area contributed by atoms with Crippen LogP contribution in [0.4, 0.5) is 0 Å². The van der Waals surface area contributed by atoms with Crippen LogP contribution < -0.4 is 10.3 Å². The lowest BCUT2D eigenvalue weighted by molar-refractivity contribution is 0.266. The molecule has 0 radical (unpaired) electrons. The maximum absolute atomic E-state index is 13.4. The molecule has 0 aliphatic carbocycles. The molecular formula is C31H31N3O3. The minimum Gasteiger partial charge on any atom is -0.494 e. The Bertz CT molecular complexity index is 1440. The SMILES string of the molecule is O=c1c(Cc2ccccc2)nc2c(Cc3ccccc3)[nH]c(-c3ccc(OCCCCCO)cc3)cn1-2. The summed E-state index contributed by atoms with van der Waals surface area (Å²) in [5.41, 5.74) is 5.34. The summed E-state index contributed by atoms with van der Waals surface area (Å²) in [6.45, 7) is 0.842. The van der Waals surface area contributed by atoms with Gasteiger partial charge in [0.25, 0.3) is 5.56 Å². The molecule has 0 spiro atoms. The van der Waals surface area contributed by atoms with Crippen molar-refractivity contribution in [3.8, 4) is 22.8 Å². The molecule has 6 heteroatoms. The van der Waals surface area contributed by atoms with E-state index in [4.69, 9.17) is 14.8 Å². The van der Waals surface area contributed by atoms with Gasteiger partial charge < -0.3 is 14.8 Å². The number of unbranched alkanes of at least 4 members (excludes halogenated alkanes) is 2. The molecule has 0 saturated heterocycles. The van der Waals surface area contributed by atoms with Gasteiger partial charge in [0.15, 0.2) is 5.82 Å². The summed E-state index contributed by atoms with van der Waals surface area (Å²) < 4.78 is 7.51. The maximum Gasteiger partial charge on any atom is 0.278 e. The van der Waals surface area contributed by atoms with Crippen LogP contribution in [0.3, 0.4) is 0 Å². The number of aromatic amines is 1. The molecule has 0 fully saturated rings. The van der Waals surface area contributed by atoms with Crippen LogP contribution in [0.5, 0.6) is 5.75 Å². The first-order valence-electron chi connectivity index (χ1n) is 12.8. The number of ether oxygens (including phenoxy) is 1. The third-order valence-electron chi connectivity index (χ3n) is 6.42. The van der Waals surface area contributed by atoms with Gasteiger partial charge in [0.2, 0.25) is 0 Å². The minimum atomic E-state index is -0.0914. The summed E-state index contributed by atoms with van der Waals surface area (Å²) in [5.74, 6) is 1.46. The van der Waals surface area contributed by atoms with Crippen LogP contribution in [0.1, 0.15) is 41.8 Å². The number of rotatable bonds is 11. The van der Waals surface area contributed by atoms with E-state index in [9.17, 15) is 4.79 Å². The van der Waals surface area contributed by atoms with E-state index in [0.29, 0.717) is 31.0 Å². The monoisotopic (exact) mass is 493 g/mol. The van der Waals surface area contributed by atoms with Crippen molar-refractivity contribution < 1.29 is 9.84 Å². The summed E-state index contributed by atoms with van der Waals surface area (Å²) >= 11 is 0. The van der Waals surface area contributed by atoms with E-state index < -0.39 is 0 Å². The molecule has 0 unspecified atom stereocenters. The van der Waals surface area contributed by atoms with Gasteiger partial charge in [-0.25, -0.2) is 4.98 Å². The summed E-state index contributed by atoms with van der Waals surface area (Å²) in [7, 11) is 0. The Morgan fingerprint density at radius 3 is 2.16 bits per heavy atom. The van der Waals surface area contributed by atoms with E-state index in [2.05, 4.69) is 17.1 Å². The smallest absolute Gasteiger partial charge is 0.278 e. The van der Waals surface area contributed by atoms with E-state index >= 15 is 0 Å². The molecule has 3 aromatic carbocycles. The zero-order chi connectivity index (χ0) is 25.5. The lowest BCUT2D eigenvalue weighted by Gasteiger charge is -2.14. The number of nitrogens with zero attached hydrogens (tertiary/aromatic N) is 2. The van der Waals surface area contributed by atoms with Gasteiger partial charge >= 0.3 is 0 Å². The summed E-state index contributed by atoms with van der Waals surface area (Å²) in [5, 5.41) is 8.91. The van der Waals surface area contributed by atoms with E-state index in [1.165, 1.54) is 0 Å². The average Bonchev–Trinajstić information content (AvgIpc) is 3.25. The van der Waals surface area contributed by atoms with E-state index in [1.807, 2.05) is 79.0 Å². The van der Waals surface area contributed by atoms with Gasteiger partial charge in [0.05, 0.1) is 18.0 Å². The first-order chi connectivity index (χ1) is 18.2. The Kier molecular flexibility index (Phi) is 7.77. The molecule has 5 rings (SSSR count). The van der Waals surface area contributed by atoms with Crippen LogP contribution in [0, 0.1) is 0 Å². The van der Waals surface area contributed by atoms with E-state index in [0.717, 1.165) is 53.1 Å². The second kappa shape index (κ2) is 11.7. The topological polar surface area (TPSA) is 80.1 Å². The largest absolute Gasteiger partial charge is 0.494 e. The van der Waals surface area contributed by atoms with Crippen LogP contribution in [-0.4, -0.2) is 32.9 Å². The van der Waals surface area contributed by atoms with Gasteiger partial charge in [-0.15, -0.1) is 0 Å². The van der Waals surface area contributed by atoms with Crippen molar-refractivity contribution in [1.82, 2.24) is 14.5 Å². The summed E-state index contributed by atoms with van der Waals surface area (Å²) in [6, 6.07) is 28.0. The van der Waals surface area contributed by atoms with Crippen molar-refractivity contribution in [2.45, 2.75) is 32.1 Å². The van der Waals surface area contributed by atoms with Crippen molar-refractivity contribution in [3.63, 3.8) is 0 Å². The highest BCUT2D eigenvalue weighted by Crippen LogP contribution is 2.25. The lowest BCUT2D eigenvalue weighted by Crippen LogP contribution is -2.17. The standard InChI is InChI=1S/C31H31N3O3/c35-18-8-3-9-19-37-26-16-14-25(15-17-26)29-22-34-30(27(32-29)20-23-10-4-1-5-11-23)33-28(31(34)36)21-24-12-6-2-7-13-24/h1-2,4-7,10-17,22,32,35H,3,8-9,18-21H2. The van der Waals surface area contributed by atoms with Crippen molar-refractivity contribution in [1.29, 1.82) is 0 Å². The second-order valence-electron chi connectivity index (χ2n) is 9.19. The van der Waals surface area contributed by atoms with Gasteiger partial charge in [-0.1, -0.05) is 60.7 Å². The Balaban J connectivity index is 1.47. The molecule has 0 aromatic heterocycles. The molecule has 2 aliphatic rings. The van der Waals surface area contributed by atoms with Crippen molar-refractivity contribution in [3.05, 3.63) is 124 Å². The van der Waals surface area contributed by atoms with Crippen molar-refractivity contribution in [2.75, 3.05) is 13.2 Å². The number of imidazole rings is 1. The molecule has 3 aromatic rings. The molecule has 2 aliphatic heterocycles. The summed E-state index contributed by atoms with van der Waals surface area (Å²) in [6.07, 6.45) is 5.63. The number of fused-ring (bicyclic) bond motifs is 1. The maximum atomic E-state index is 13.4. The predicted octanol–water partition coefficient (Wildman–Crippen LogP) is 5.39. The molecule has 2 N–H and O–H groups in total. The minimum absolute atomic E-state index is 0.0914. The molecule has 2 heterocycles. The number of H-pyrrole nitrogens is 1. The quantitative estimate of drug-likeness (QED) is 0.242. The van der Waals surface area contributed by atoms with Crippen LogP contribution in [-0.2, 0) is 12.8 Å². The Morgan fingerprint density at radius 1 is 0.811 bits per heavy atom. The number of aliphatic hydroxyl groups is 1. The number of benzene rings is 3. The van der Waals surface area contributed by atoms with Gasteiger partial charge in [0, 0.05) is 25.6 Å². The van der Waals surface area contributed by atoms with E-state index in [1.54, 1.807) is 4.57 Å². The fourth-order valence-corrected chi connectivity index (χ4v) is 4.46. The van der Waals surface area contributed by atoms with Crippen LogP contribution >= 0.6 is 0 Å². The first-order valence-corrected chi connectivity index (χ1v) is 12.8. The molecule has 6 nitrogen and oxygen atoms in total. The normalized spacial score (nSPS) is 11.2. The molecule has 37 heavy (non-hydrogen) atoms. The molecule has 0 saturated carbocycles. The van der Waals surface area contributed by atoms with Crippen molar-refractivity contribution in [2.24, 2.45) is 0 Å². The third-order valence-corrected chi connectivity index (χ3v) is 6.42. The highest BCUT2D eigenvalue weighted by atomic mass is 16.5. The predicted molar refractivity (Wildman–Crippen MR) is 146 cm³/mol. The first kappa shape index (κ1) is 24.5. The zero-order valence-corrected chi connectivity index (χ0v) is 20.8. The Labute approximate surface area is 216 Å². The van der Waals surface area contributed by atoms with Crippen LogP contribution in [0.2, 0.25) is 0 Å².